The number of pyridine rings is 1. The smallest absolute Gasteiger partial charge is 0.149 e. The number of hydrogen-bond acceptors (Lipinski definition) is 5. The number of hydrogen-bond donors (Lipinski definition) is 3. The lowest BCUT2D eigenvalue weighted by Gasteiger charge is -2.25. The Labute approximate surface area is 96.2 Å². The molecule has 0 aliphatic rings. The molecule has 1 heterocycles. The van der Waals surface area contributed by atoms with Gasteiger partial charge in [-0.05, 0) is 32.9 Å². The van der Waals surface area contributed by atoms with E-state index >= 15 is 0 Å². The lowest BCUT2D eigenvalue weighted by atomic mass is 10.1. The Morgan fingerprint density at radius 2 is 2.06 bits per heavy atom. The van der Waals surface area contributed by atoms with Gasteiger partial charge < -0.3 is 21.5 Å². The Hall–Kier alpha value is -1.49. The van der Waals surface area contributed by atoms with Crippen molar-refractivity contribution in [3.63, 3.8) is 0 Å². The van der Waals surface area contributed by atoms with E-state index in [0.29, 0.717) is 30.5 Å². The first-order chi connectivity index (χ1) is 7.44. The number of nitrogens with one attached hydrogen (secondary N) is 1. The van der Waals surface area contributed by atoms with Gasteiger partial charge in [0.05, 0.1) is 11.3 Å². The third-order valence-corrected chi connectivity index (χ3v) is 2.19. The van der Waals surface area contributed by atoms with Crippen LogP contribution in [0, 0.1) is 0 Å². The maximum atomic E-state index is 5.61. The van der Waals surface area contributed by atoms with Crippen LogP contribution >= 0.6 is 0 Å². The minimum absolute atomic E-state index is 0.230. The standard InChI is InChI=1S/C11H20N4O/c1-4-16-11(2,3)7-14-9-6-5-8(12)10(13)15-9/h5-6H,4,7,12H2,1-3H3,(H3,13,14,15). The molecule has 5 nitrogen and oxygen atoms in total. The summed E-state index contributed by atoms with van der Waals surface area (Å²) in [5, 5.41) is 3.17. The first kappa shape index (κ1) is 12.6. The van der Waals surface area contributed by atoms with Gasteiger partial charge in [0.15, 0.2) is 0 Å². The van der Waals surface area contributed by atoms with Crippen molar-refractivity contribution >= 4 is 17.3 Å². The van der Waals surface area contributed by atoms with Crippen LogP contribution in [-0.4, -0.2) is 23.7 Å². The minimum Gasteiger partial charge on any atom is -0.396 e. The molecule has 0 amide bonds. The third kappa shape index (κ3) is 3.58. The van der Waals surface area contributed by atoms with E-state index in [1.807, 2.05) is 20.8 Å². The number of ether oxygens (including phenoxy) is 1. The van der Waals surface area contributed by atoms with Crippen LogP contribution in [0.4, 0.5) is 17.3 Å². The molecule has 5 N–H and O–H groups in total. The van der Waals surface area contributed by atoms with E-state index < -0.39 is 0 Å². The molecule has 0 atom stereocenters. The topological polar surface area (TPSA) is 86.2 Å². The molecular formula is C11H20N4O. The highest BCUT2D eigenvalue weighted by molar-refractivity contribution is 5.61. The number of rotatable bonds is 5. The lowest BCUT2D eigenvalue weighted by molar-refractivity contribution is 0.000644. The van der Waals surface area contributed by atoms with Crippen molar-refractivity contribution in [2.75, 3.05) is 29.9 Å². The predicted molar refractivity (Wildman–Crippen MR) is 67.3 cm³/mol. The van der Waals surface area contributed by atoms with Crippen LogP contribution in [0.3, 0.4) is 0 Å². The summed E-state index contributed by atoms with van der Waals surface area (Å²) >= 11 is 0. The Bertz CT molecular complexity index is 352. The highest BCUT2D eigenvalue weighted by atomic mass is 16.5. The Morgan fingerprint density at radius 1 is 1.38 bits per heavy atom. The molecule has 1 aromatic heterocycles. The van der Waals surface area contributed by atoms with Gasteiger partial charge in [0.25, 0.3) is 0 Å². The van der Waals surface area contributed by atoms with Gasteiger partial charge in [-0.1, -0.05) is 0 Å². The summed E-state index contributed by atoms with van der Waals surface area (Å²) in [6.07, 6.45) is 0. The molecule has 5 heteroatoms. The van der Waals surface area contributed by atoms with Crippen molar-refractivity contribution in [3.8, 4) is 0 Å². The van der Waals surface area contributed by atoms with Crippen LogP contribution in [0.15, 0.2) is 12.1 Å². The van der Waals surface area contributed by atoms with Crippen LogP contribution in [0.5, 0.6) is 0 Å². The molecule has 0 spiro atoms. The van der Waals surface area contributed by atoms with Crippen LogP contribution in [0.2, 0.25) is 0 Å². The molecule has 16 heavy (non-hydrogen) atoms. The molecule has 0 aliphatic carbocycles. The zero-order valence-corrected chi connectivity index (χ0v) is 10.1. The second-order valence-electron chi connectivity index (χ2n) is 4.22. The zero-order valence-electron chi connectivity index (χ0n) is 10.1. The molecule has 0 bridgehead atoms. The Kier molecular flexibility index (Phi) is 3.95. The molecule has 0 aromatic carbocycles. The second kappa shape index (κ2) is 5.03. The van der Waals surface area contributed by atoms with Crippen LogP contribution < -0.4 is 16.8 Å². The zero-order chi connectivity index (χ0) is 12.2. The highest BCUT2D eigenvalue weighted by Crippen LogP contribution is 2.16. The summed E-state index contributed by atoms with van der Waals surface area (Å²) in [4.78, 5) is 4.12. The Morgan fingerprint density at radius 3 is 2.62 bits per heavy atom. The molecule has 0 saturated carbocycles. The second-order valence-corrected chi connectivity index (χ2v) is 4.22. The van der Waals surface area contributed by atoms with E-state index in [9.17, 15) is 0 Å². The van der Waals surface area contributed by atoms with E-state index in [4.69, 9.17) is 16.2 Å². The van der Waals surface area contributed by atoms with Gasteiger partial charge in [-0.3, -0.25) is 0 Å². The third-order valence-electron chi connectivity index (χ3n) is 2.19. The summed E-state index contributed by atoms with van der Waals surface area (Å²) in [7, 11) is 0. The normalized spacial score (nSPS) is 11.4. The van der Waals surface area contributed by atoms with Gasteiger partial charge >= 0.3 is 0 Å². The monoisotopic (exact) mass is 224 g/mol. The van der Waals surface area contributed by atoms with Crippen LogP contribution in [0.1, 0.15) is 20.8 Å². The summed E-state index contributed by atoms with van der Waals surface area (Å²) < 4.78 is 5.56. The lowest BCUT2D eigenvalue weighted by Crippen LogP contribution is -2.33. The predicted octanol–water partition coefficient (Wildman–Crippen LogP) is 1.47. The largest absolute Gasteiger partial charge is 0.396 e. The maximum Gasteiger partial charge on any atom is 0.149 e. The molecule has 90 valence electrons. The van der Waals surface area contributed by atoms with Crippen molar-refractivity contribution in [1.29, 1.82) is 0 Å². The molecule has 0 unspecified atom stereocenters. The Balaban J connectivity index is 2.57. The van der Waals surface area contributed by atoms with Crippen molar-refractivity contribution < 1.29 is 4.74 Å². The SMILES string of the molecule is CCOC(C)(C)CNc1ccc(N)c(N)n1. The van der Waals surface area contributed by atoms with Gasteiger partial charge in [0.2, 0.25) is 0 Å². The van der Waals surface area contributed by atoms with Crippen molar-refractivity contribution in [2.45, 2.75) is 26.4 Å². The fourth-order valence-corrected chi connectivity index (χ4v) is 1.33. The fourth-order valence-electron chi connectivity index (χ4n) is 1.33. The van der Waals surface area contributed by atoms with E-state index in [1.165, 1.54) is 0 Å². The van der Waals surface area contributed by atoms with Gasteiger partial charge in [0.1, 0.15) is 11.6 Å². The van der Waals surface area contributed by atoms with Crippen molar-refractivity contribution in [1.82, 2.24) is 4.98 Å². The maximum absolute atomic E-state index is 5.61. The van der Waals surface area contributed by atoms with Crippen LogP contribution in [-0.2, 0) is 4.74 Å². The number of nitrogens with zero attached hydrogens (tertiary/aromatic N) is 1. The molecule has 0 fully saturated rings. The van der Waals surface area contributed by atoms with Gasteiger partial charge in [-0.2, -0.15) is 0 Å². The quantitative estimate of drug-likeness (QED) is 0.705. The first-order valence-corrected chi connectivity index (χ1v) is 5.34. The average Bonchev–Trinajstić information content (AvgIpc) is 2.20. The molecule has 1 rings (SSSR count). The molecule has 1 aromatic rings. The summed E-state index contributed by atoms with van der Waals surface area (Å²) in [6.45, 7) is 7.36. The van der Waals surface area contributed by atoms with E-state index in [-0.39, 0.29) is 5.60 Å². The summed E-state index contributed by atoms with van der Waals surface area (Å²) in [5.41, 5.74) is 11.5. The number of nitrogens with two attached hydrogens (primary N) is 2. The van der Waals surface area contributed by atoms with Gasteiger partial charge in [0, 0.05) is 13.2 Å². The highest BCUT2D eigenvalue weighted by Gasteiger charge is 2.17. The molecule has 0 aliphatic heterocycles. The van der Waals surface area contributed by atoms with Crippen molar-refractivity contribution in [3.05, 3.63) is 12.1 Å². The van der Waals surface area contributed by atoms with E-state index in [0.717, 1.165) is 0 Å². The molecule has 0 radical (unpaired) electrons. The van der Waals surface area contributed by atoms with Crippen molar-refractivity contribution in [2.24, 2.45) is 0 Å². The van der Waals surface area contributed by atoms with E-state index in [2.05, 4.69) is 10.3 Å². The average molecular weight is 224 g/mol. The summed E-state index contributed by atoms with van der Waals surface area (Å²) in [5.74, 6) is 1.05. The number of nitrogen functional groups attached to an aromatic ring is 2. The minimum atomic E-state index is -0.230. The number of anilines is 3. The van der Waals surface area contributed by atoms with Gasteiger partial charge in [-0.15, -0.1) is 0 Å². The summed E-state index contributed by atoms with van der Waals surface area (Å²) in [6, 6.07) is 3.53. The van der Waals surface area contributed by atoms with Crippen LogP contribution in [0.25, 0.3) is 0 Å². The van der Waals surface area contributed by atoms with Gasteiger partial charge in [-0.25, -0.2) is 4.98 Å². The molecular weight excluding hydrogens is 204 g/mol. The molecule has 0 saturated heterocycles. The fraction of sp³-hybridized carbons (Fsp3) is 0.545. The number of aromatic nitrogens is 1. The first-order valence-electron chi connectivity index (χ1n) is 5.34. The van der Waals surface area contributed by atoms with E-state index in [1.54, 1.807) is 12.1 Å².